The highest BCUT2D eigenvalue weighted by atomic mass is 16.3. The average Bonchev–Trinajstić information content (AvgIpc) is 2.47. The van der Waals surface area contributed by atoms with Gasteiger partial charge in [0.1, 0.15) is 5.65 Å². The zero-order chi connectivity index (χ0) is 9.42. The Morgan fingerprint density at radius 3 is 3.00 bits per heavy atom. The highest BCUT2D eigenvalue weighted by Gasteiger charge is 2.04. The minimum Gasteiger partial charge on any atom is -0.390 e. The molecule has 5 heteroatoms. The molecular formula is C8H10N4O. The van der Waals surface area contributed by atoms with Crippen molar-refractivity contribution >= 4 is 11.6 Å². The molecule has 0 spiro atoms. The van der Waals surface area contributed by atoms with Gasteiger partial charge in [-0.3, -0.25) is 4.40 Å². The Kier molecular flexibility index (Phi) is 1.66. The number of aromatic nitrogens is 3. The van der Waals surface area contributed by atoms with Crippen molar-refractivity contribution in [2.45, 2.75) is 13.5 Å². The highest BCUT2D eigenvalue weighted by molar-refractivity contribution is 5.46. The smallest absolute Gasteiger partial charge is 0.206 e. The van der Waals surface area contributed by atoms with Crippen LogP contribution in [0.4, 0.5) is 5.95 Å². The highest BCUT2D eigenvalue weighted by Crippen LogP contribution is 2.10. The first-order chi connectivity index (χ1) is 6.20. The third-order valence-corrected chi connectivity index (χ3v) is 1.82. The number of nitrogens with two attached hydrogens (primary N) is 1. The monoisotopic (exact) mass is 178 g/mol. The summed E-state index contributed by atoms with van der Waals surface area (Å²) in [6, 6.07) is 1.82. The van der Waals surface area contributed by atoms with Gasteiger partial charge in [0.05, 0.1) is 12.3 Å². The van der Waals surface area contributed by atoms with Gasteiger partial charge in [-0.2, -0.15) is 0 Å². The SMILES string of the molecule is Cc1cc2nc(CO)cn2c(N)n1. The van der Waals surface area contributed by atoms with Gasteiger partial charge in [-0.1, -0.05) is 0 Å². The van der Waals surface area contributed by atoms with Gasteiger partial charge in [0, 0.05) is 18.0 Å². The number of hydrogen-bond donors (Lipinski definition) is 2. The van der Waals surface area contributed by atoms with Crippen LogP contribution in [0.2, 0.25) is 0 Å². The number of imidazole rings is 1. The van der Waals surface area contributed by atoms with E-state index in [1.807, 2.05) is 13.0 Å². The van der Waals surface area contributed by atoms with Gasteiger partial charge < -0.3 is 10.8 Å². The molecule has 2 heterocycles. The Bertz CT molecular complexity index is 449. The van der Waals surface area contributed by atoms with E-state index >= 15 is 0 Å². The molecule has 0 saturated carbocycles. The van der Waals surface area contributed by atoms with E-state index in [2.05, 4.69) is 9.97 Å². The number of aliphatic hydroxyl groups is 1. The molecule has 0 amide bonds. The average molecular weight is 178 g/mol. The summed E-state index contributed by atoms with van der Waals surface area (Å²) in [4.78, 5) is 8.21. The van der Waals surface area contributed by atoms with Crippen molar-refractivity contribution in [1.29, 1.82) is 0 Å². The molecule has 0 aromatic carbocycles. The van der Waals surface area contributed by atoms with Gasteiger partial charge >= 0.3 is 0 Å². The molecule has 0 aliphatic rings. The van der Waals surface area contributed by atoms with Crippen LogP contribution < -0.4 is 5.73 Å². The first-order valence-electron chi connectivity index (χ1n) is 3.92. The fourth-order valence-electron chi connectivity index (χ4n) is 1.26. The molecule has 68 valence electrons. The van der Waals surface area contributed by atoms with Gasteiger partial charge in [0.15, 0.2) is 0 Å². The maximum atomic E-state index is 8.86. The van der Waals surface area contributed by atoms with E-state index in [-0.39, 0.29) is 6.61 Å². The predicted molar refractivity (Wildman–Crippen MR) is 48.1 cm³/mol. The predicted octanol–water partition coefficient (Wildman–Crippen LogP) is 0.112. The number of aliphatic hydroxyl groups excluding tert-OH is 1. The fourth-order valence-corrected chi connectivity index (χ4v) is 1.26. The molecule has 0 fully saturated rings. The molecule has 0 aliphatic heterocycles. The molecular weight excluding hydrogens is 168 g/mol. The van der Waals surface area contributed by atoms with Gasteiger partial charge in [0.2, 0.25) is 5.95 Å². The van der Waals surface area contributed by atoms with E-state index in [9.17, 15) is 0 Å². The van der Waals surface area contributed by atoms with Crippen LogP contribution in [0.15, 0.2) is 12.3 Å². The third kappa shape index (κ3) is 1.23. The lowest BCUT2D eigenvalue weighted by Crippen LogP contribution is -2.00. The van der Waals surface area contributed by atoms with E-state index in [1.54, 1.807) is 10.6 Å². The molecule has 0 unspecified atom stereocenters. The van der Waals surface area contributed by atoms with Crippen LogP contribution in [-0.4, -0.2) is 19.5 Å². The largest absolute Gasteiger partial charge is 0.390 e. The maximum absolute atomic E-state index is 8.86. The number of aryl methyl sites for hydroxylation is 1. The normalized spacial score (nSPS) is 10.9. The minimum atomic E-state index is -0.0832. The first-order valence-corrected chi connectivity index (χ1v) is 3.92. The molecule has 2 rings (SSSR count). The molecule has 13 heavy (non-hydrogen) atoms. The van der Waals surface area contributed by atoms with Gasteiger partial charge in [-0.15, -0.1) is 0 Å². The van der Waals surface area contributed by atoms with Crippen LogP contribution in [0.3, 0.4) is 0 Å². The molecule has 0 saturated heterocycles. The Hall–Kier alpha value is -1.62. The van der Waals surface area contributed by atoms with Crippen molar-refractivity contribution in [3.63, 3.8) is 0 Å². The van der Waals surface area contributed by atoms with Crippen molar-refractivity contribution in [3.05, 3.63) is 23.7 Å². The minimum absolute atomic E-state index is 0.0832. The second-order valence-electron chi connectivity index (χ2n) is 2.87. The second-order valence-corrected chi connectivity index (χ2v) is 2.87. The van der Waals surface area contributed by atoms with Crippen LogP contribution >= 0.6 is 0 Å². The molecule has 0 atom stereocenters. The summed E-state index contributed by atoms with van der Waals surface area (Å²) in [5, 5.41) is 8.86. The first kappa shape index (κ1) is 8.00. The Morgan fingerprint density at radius 2 is 2.31 bits per heavy atom. The lowest BCUT2D eigenvalue weighted by molar-refractivity contribution is 0.277. The van der Waals surface area contributed by atoms with E-state index in [0.29, 0.717) is 17.3 Å². The van der Waals surface area contributed by atoms with Crippen molar-refractivity contribution < 1.29 is 5.11 Å². The summed E-state index contributed by atoms with van der Waals surface area (Å²) in [5.41, 5.74) is 7.79. The van der Waals surface area contributed by atoms with Crippen LogP contribution in [0, 0.1) is 6.92 Å². The van der Waals surface area contributed by atoms with E-state index in [4.69, 9.17) is 10.8 Å². The van der Waals surface area contributed by atoms with Crippen molar-refractivity contribution in [1.82, 2.24) is 14.4 Å². The Morgan fingerprint density at radius 1 is 1.54 bits per heavy atom. The zero-order valence-electron chi connectivity index (χ0n) is 7.23. The lowest BCUT2D eigenvalue weighted by atomic mass is 10.4. The van der Waals surface area contributed by atoms with Gasteiger partial charge in [-0.25, -0.2) is 9.97 Å². The van der Waals surface area contributed by atoms with E-state index < -0.39 is 0 Å². The molecule has 5 nitrogen and oxygen atoms in total. The lowest BCUT2D eigenvalue weighted by Gasteiger charge is -1.98. The zero-order valence-corrected chi connectivity index (χ0v) is 7.23. The van der Waals surface area contributed by atoms with Gasteiger partial charge in [0.25, 0.3) is 0 Å². The number of nitrogen functional groups attached to an aromatic ring is 1. The summed E-state index contributed by atoms with van der Waals surface area (Å²) in [7, 11) is 0. The number of nitrogens with zero attached hydrogens (tertiary/aromatic N) is 3. The summed E-state index contributed by atoms with van der Waals surface area (Å²) >= 11 is 0. The maximum Gasteiger partial charge on any atom is 0.206 e. The third-order valence-electron chi connectivity index (χ3n) is 1.82. The van der Waals surface area contributed by atoms with Crippen LogP contribution in [0.25, 0.3) is 5.65 Å². The Balaban J connectivity index is 2.75. The number of hydrogen-bond acceptors (Lipinski definition) is 4. The quantitative estimate of drug-likeness (QED) is 0.650. The topological polar surface area (TPSA) is 76.4 Å². The standard InChI is InChI=1S/C8H10N4O/c1-5-2-7-11-6(4-13)3-12(7)8(9)10-5/h2-3,13H,4H2,1H3,(H2,9,10). The van der Waals surface area contributed by atoms with Crippen molar-refractivity contribution in [3.8, 4) is 0 Å². The van der Waals surface area contributed by atoms with Crippen LogP contribution in [0.1, 0.15) is 11.4 Å². The molecule has 0 radical (unpaired) electrons. The fraction of sp³-hybridized carbons (Fsp3) is 0.250. The second kappa shape index (κ2) is 2.70. The summed E-state index contributed by atoms with van der Waals surface area (Å²) in [6.45, 7) is 1.77. The van der Waals surface area contributed by atoms with E-state index in [0.717, 1.165) is 5.69 Å². The number of fused-ring (bicyclic) bond motifs is 1. The molecule has 2 aromatic heterocycles. The van der Waals surface area contributed by atoms with Crippen LogP contribution in [-0.2, 0) is 6.61 Å². The summed E-state index contributed by atoms with van der Waals surface area (Å²) in [5.74, 6) is 0.391. The van der Waals surface area contributed by atoms with Crippen molar-refractivity contribution in [2.24, 2.45) is 0 Å². The molecule has 3 N–H and O–H groups in total. The number of anilines is 1. The molecule has 0 aliphatic carbocycles. The molecule has 0 bridgehead atoms. The van der Waals surface area contributed by atoms with Crippen molar-refractivity contribution in [2.75, 3.05) is 5.73 Å². The van der Waals surface area contributed by atoms with E-state index in [1.165, 1.54) is 0 Å². The number of rotatable bonds is 1. The summed E-state index contributed by atoms with van der Waals surface area (Å²) in [6.07, 6.45) is 1.68. The Labute approximate surface area is 74.9 Å². The molecule has 2 aromatic rings. The summed E-state index contributed by atoms with van der Waals surface area (Å²) < 4.78 is 1.65. The van der Waals surface area contributed by atoms with Crippen LogP contribution in [0.5, 0.6) is 0 Å². The van der Waals surface area contributed by atoms with Gasteiger partial charge in [-0.05, 0) is 6.92 Å².